The molecule has 2 heterocycles. The van der Waals surface area contributed by atoms with E-state index in [4.69, 9.17) is 18.9 Å². The fourth-order valence-corrected chi connectivity index (χ4v) is 4.54. The number of benzene rings is 2. The summed E-state index contributed by atoms with van der Waals surface area (Å²) in [5.74, 6) is -0.0537. The maximum absolute atomic E-state index is 11.8. The highest BCUT2D eigenvalue weighted by Gasteiger charge is 2.23. The van der Waals surface area contributed by atoms with E-state index in [1.807, 2.05) is 30.3 Å². The Morgan fingerprint density at radius 1 is 1.08 bits per heavy atom. The molecule has 2 aliphatic rings. The van der Waals surface area contributed by atoms with E-state index in [0.29, 0.717) is 45.0 Å². The lowest BCUT2D eigenvalue weighted by atomic mass is 9.96. The molecule has 2 aliphatic heterocycles. The zero-order chi connectivity index (χ0) is 25.2. The number of carboxylic acids is 1. The average Bonchev–Trinajstić information content (AvgIpc) is 2.89. The van der Waals surface area contributed by atoms with Crippen molar-refractivity contribution in [3.8, 4) is 16.9 Å². The third-order valence-corrected chi connectivity index (χ3v) is 6.48. The number of ether oxygens (including phenoxy) is 4. The molecule has 0 bridgehead atoms. The number of carbonyl (C=O) groups is 1. The van der Waals surface area contributed by atoms with Gasteiger partial charge in [-0.3, -0.25) is 0 Å². The molecule has 0 unspecified atom stereocenters. The van der Waals surface area contributed by atoms with Gasteiger partial charge in [0.25, 0.3) is 0 Å². The summed E-state index contributed by atoms with van der Waals surface area (Å²) in [7, 11) is 0. The van der Waals surface area contributed by atoms with E-state index in [9.17, 15) is 9.90 Å². The highest BCUT2D eigenvalue weighted by atomic mass is 16.6. The molecule has 0 spiro atoms. The summed E-state index contributed by atoms with van der Waals surface area (Å²) in [4.78, 5) is 14.1. The predicted molar refractivity (Wildman–Crippen MR) is 141 cm³/mol. The van der Waals surface area contributed by atoms with Crippen LogP contribution in [0.2, 0.25) is 0 Å². The van der Waals surface area contributed by atoms with Crippen molar-refractivity contribution in [1.29, 1.82) is 0 Å². The largest absolute Gasteiger partial charge is 0.491 e. The van der Waals surface area contributed by atoms with Crippen molar-refractivity contribution in [3.63, 3.8) is 0 Å². The smallest absolute Gasteiger partial charge is 0.331 e. The first-order valence-corrected chi connectivity index (χ1v) is 13.0. The first kappa shape index (κ1) is 26.2. The van der Waals surface area contributed by atoms with Gasteiger partial charge in [0.15, 0.2) is 0 Å². The Kier molecular flexibility index (Phi) is 9.78. The molecule has 0 aliphatic carbocycles. The van der Waals surface area contributed by atoms with Gasteiger partial charge >= 0.3 is 5.97 Å². The average molecular weight is 496 g/mol. The van der Waals surface area contributed by atoms with Crippen molar-refractivity contribution < 1.29 is 28.8 Å². The van der Waals surface area contributed by atoms with E-state index < -0.39 is 5.97 Å². The number of nitrogens with zero attached hydrogens (tertiary/aromatic N) is 1. The van der Waals surface area contributed by atoms with E-state index in [2.05, 4.69) is 30.0 Å². The Balaban J connectivity index is 1.50. The Hall–Kier alpha value is -2.87. The lowest BCUT2D eigenvalue weighted by Crippen LogP contribution is -2.41. The van der Waals surface area contributed by atoms with Crippen molar-refractivity contribution in [2.75, 3.05) is 57.6 Å². The number of aliphatic carboxylic acids is 1. The van der Waals surface area contributed by atoms with Gasteiger partial charge in [-0.25, -0.2) is 4.79 Å². The van der Waals surface area contributed by atoms with Gasteiger partial charge in [-0.2, -0.15) is 0 Å². The molecule has 2 aromatic carbocycles. The predicted octanol–water partition coefficient (Wildman–Crippen LogP) is 5.03. The van der Waals surface area contributed by atoms with Crippen LogP contribution >= 0.6 is 0 Å². The van der Waals surface area contributed by atoms with Crippen LogP contribution < -0.4 is 9.64 Å². The van der Waals surface area contributed by atoms with Gasteiger partial charge < -0.3 is 29.0 Å². The molecule has 1 saturated heterocycles. The standard InChI is InChI=1S/C29H37NO6/c1-2-3-13-33-14-16-35-26-9-6-22(7-10-26)23-8-11-28-25(18-23)19-24(29(31)32)5-4-12-30(28)20-27-21-34-15-17-36-27/h6-11,18-19,27H,2-5,12-17,20-21H2,1H3,(H,31,32)/b24-19+/t27-/m0/s1. The molecule has 1 fully saturated rings. The number of fused-ring (bicyclic) bond motifs is 1. The molecule has 2 aromatic rings. The molecule has 7 nitrogen and oxygen atoms in total. The van der Waals surface area contributed by atoms with Gasteiger partial charge in [0, 0.05) is 31.0 Å². The van der Waals surface area contributed by atoms with Gasteiger partial charge in [-0.1, -0.05) is 31.5 Å². The fourth-order valence-electron chi connectivity index (χ4n) is 4.54. The normalized spacial score (nSPS) is 19.5. The summed E-state index contributed by atoms with van der Waals surface area (Å²) in [5.41, 5.74) is 4.45. The molecule has 4 rings (SSSR count). The summed E-state index contributed by atoms with van der Waals surface area (Å²) < 4.78 is 22.8. The van der Waals surface area contributed by atoms with Crippen LogP contribution in [-0.2, 0) is 19.0 Å². The molecule has 0 amide bonds. The second kappa shape index (κ2) is 13.4. The number of unbranched alkanes of at least 4 members (excludes halogenated alkanes) is 1. The first-order valence-electron chi connectivity index (χ1n) is 13.0. The van der Waals surface area contributed by atoms with Crippen LogP contribution in [-0.4, -0.2) is 69.9 Å². The van der Waals surface area contributed by atoms with Crippen LogP contribution in [0.25, 0.3) is 17.2 Å². The Bertz CT molecular complexity index is 1010. The van der Waals surface area contributed by atoms with E-state index in [-0.39, 0.29) is 6.10 Å². The maximum Gasteiger partial charge on any atom is 0.331 e. The molecule has 194 valence electrons. The van der Waals surface area contributed by atoms with Crippen LogP contribution in [0.15, 0.2) is 48.0 Å². The lowest BCUT2D eigenvalue weighted by molar-refractivity contribution is -0.132. The highest BCUT2D eigenvalue weighted by Crippen LogP contribution is 2.33. The number of carboxylic acid groups (broad SMARTS) is 1. The molecular formula is C29H37NO6. The van der Waals surface area contributed by atoms with E-state index in [0.717, 1.165) is 67.1 Å². The molecule has 7 heteroatoms. The molecule has 0 radical (unpaired) electrons. The third-order valence-electron chi connectivity index (χ3n) is 6.48. The van der Waals surface area contributed by atoms with E-state index in [1.165, 1.54) is 0 Å². The van der Waals surface area contributed by atoms with Crippen molar-refractivity contribution >= 4 is 17.7 Å². The van der Waals surface area contributed by atoms with Crippen LogP contribution in [0.3, 0.4) is 0 Å². The second-order valence-electron chi connectivity index (χ2n) is 9.20. The number of hydrogen-bond acceptors (Lipinski definition) is 6. The Morgan fingerprint density at radius 2 is 1.92 bits per heavy atom. The fraction of sp³-hybridized carbons (Fsp3) is 0.483. The summed E-state index contributed by atoms with van der Waals surface area (Å²) in [6, 6.07) is 14.2. The van der Waals surface area contributed by atoms with Crippen molar-refractivity contribution in [1.82, 2.24) is 0 Å². The third kappa shape index (κ3) is 7.32. The molecular weight excluding hydrogens is 458 g/mol. The van der Waals surface area contributed by atoms with Gasteiger partial charge in [-0.05, 0) is 66.3 Å². The number of rotatable bonds is 11. The van der Waals surface area contributed by atoms with Crippen molar-refractivity contribution in [3.05, 3.63) is 53.6 Å². The first-order chi connectivity index (χ1) is 17.6. The highest BCUT2D eigenvalue weighted by molar-refractivity contribution is 5.94. The Morgan fingerprint density at radius 3 is 2.67 bits per heavy atom. The second-order valence-corrected chi connectivity index (χ2v) is 9.20. The summed E-state index contributed by atoms with van der Waals surface area (Å²) in [6.07, 6.45) is 5.34. The van der Waals surface area contributed by atoms with Gasteiger partial charge in [0.1, 0.15) is 12.4 Å². The lowest BCUT2D eigenvalue weighted by Gasteiger charge is -2.33. The monoisotopic (exact) mass is 495 g/mol. The van der Waals surface area contributed by atoms with Crippen LogP contribution in [0.5, 0.6) is 5.75 Å². The van der Waals surface area contributed by atoms with Gasteiger partial charge in [0.2, 0.25) is 0 Å². The molecule has 1 N–H and O–H groups in total. The maximum atomic E-state index is 11.8. The van der Waals surface area contributed by atoms with Crippen LogP contribution in [0.1, 0.15) is 38.2 Å². The molecule has 0 saturated carbocycles. The minimum Gasteiger partial charge on any atom is -0.491 e. The topological polar surface area (TPSA) is 77.5 Å². The summed E-state index contributed by atoms with van der Waals surface area (Å²) in [6.45, 7) is 7.34. The zero-order valence-electron chi connectivity index (χ0n) is 21.1. The summed E-state index contributed by atoms with van der Waals surface area (Å²) >= 11 is 0. The quantitative estimate of drug-likeness (QED) is 0.438. The van der Waals surface area contributed by atoms with Crippen molar-refractivity contribution in [2.24, 2.45) is 0 Å². The minimum atomic E-state index is -0.857. The number of hydrogen-bond donors (Lipinski definition) is 1. The molecule has 0 aromatic heterocycles. The van der Waals surface area contributed by atoms with E-state index in [1.54, 1.807) is 0 Å². The minimum absolute atomic E-state index is 0.0122. The van der Waals surface area contributed by atoms with Gasteiger partial charge in [-0.15, -0.1) is 0 Å². The van der Waals surface area contributed by atoms with Gasteiger partial charge in [0.05, 0.1) is 32.5 Å². The number of anilines is 1. The molecule has 36 heavy (non-hydrogen) atoms. The van der Waals surface area contributed by atoms with E-state index >= 15 is 0 Å². The van der Waals surface area contributed by atoms with Crippen molar-refractivity contribution in [2.45, 2.75) is 38.7 Å². The molecule has 1 atom stereocenters. The summed E-state index contributed by atoms with van der Waals surface area (Å²) in [5, 5.41) is 9.71. The van der Waals surface area contributed by atoms with Crippen LogP contribution in [0, 0.1) is 0 Å². The zero-order valence-corrected chi connectivity index (χ0v) is 21.1. The Labute approximate surface area is 213 Å². The van der Waals surface area contributed by atoms with Crippen LogP contribution in [0.4, 0.5) is 5.69 Å². The SMILES string of the molecule is CCCCOCCOc1ccc(-c2ccc3c(c2)/C=C(/C(=O)O)CCCN3C[C@H]2COCCO2)cc1.